The van der Waals surface area contributed by atoms with Crippen molar-refractivity contribution in [1.82, 2.24) is 19.2 Å². The van der Waals surface area contributed by atoms with E-state index < -0.39 is 17.4 Å². The summed E-state index contributed by atoms with van der Waals surface area (Å²) >= 11 is 1.20. The Balaban J connectivity index is 1.39. The number of anilines is 1. The van der Waals surface area contributed by atoms with Gasteiger partial charge in [-0.2, -0.15) is 0 Å². The maximum atomic E-state index is 15.0. The molecule has 1 saturated carbocycles. The second-order valence-electron chi connectivity index (χ2n) is 9.43. The van der Waals surface area contributed by atoms with E-state index in [1.54, 1.807) is 23.0 Å². The van der Waals surface area contributed by atoms with Crippen LogP contribution in [0.15, 0.2) is 41.5 Å². The van der Waals surface area contributed by atoms with Gasteiger partial charge in [-0.3, -0.25) is 9.36 Å². The van der Waals surface area contributed by atoms with Gasteiger partial charge < -0.3 is 14.8 Å². The van der Waals surface area contributed by atoms with Crippen molar-refractivity contribution in [2.45, 2.75) is 38.6 Å². The molecule has 2 fully saturated rings. The standard InChI is InChI=1S/C25H29F2N5O2S/c1-3-31(2)35-30-21-7-5-19(26)23(22(21)27)34-17-4-6-20-18(12-17)24(33)32(15-29-20)16-13-25(14-16)8-10-28-11-9-25/h4-7,12,15-16,28,30H,3,8-11,13-14H2,1-2H3. The van der Waals surface area contributed by atoms with Gasteiger partial charge in [-0.1, -0.05) is 6.92 Å². The van der Waals surface area contributed by atoms with Gasteiger partial charge in [0.25, 0.3) is 5.56 Å². The maximum Gasteiger partial charge on any atom is 0.261 e. The topological polar surface area (TPSA) is 71.4 Å². The van der Waals surface area contributed by atoms with E-state index in [1.165, 1.54) is 24.3 Å². The van der Waals surface area contributed by atoms with Gasteiger partial charge in [-0.15, -0.1) is 0 Å². The van der Waals surface area contributed by atoms with Gasteiger partial charge in [0.15, 0.2) is 11.6 Å². The van der Waals surface area contributed by atoms with E-state index in [2.05, 4.69) is 15.0 Å². The first kappa shape index (κ1) is 24.0. The van der Waals surface area contributed by atoms with Crippen LogP contribution >= 0.6 is 12.1 Å². The Morgan fingerprint density at radius 1 is 1.26 bits per heavy atom. The quantitative estimate of drug-likeness (QED) is 0.437. The third-order valence-electron chi connectivity index (χ3n) is 7.17. The molecule has 5 rings (SSSR count). The minimum Gasteiger partial charge on any atom is -0.451 e. The molecule has 1 aliphatic heterocycles. The SMILES string of the molecule is CCN(C)SNc1ccc(F)c(Oc2ccc3ncn(C4CC5(CCNCC5)C4)c(=O)c3c2)c1F. The molecule has 1 aliphatic carbocycles. The third-order valence-corrected chi connectivity index (χ3v) is 8.06. The van der Waals surface area contributed by atoms with Crippen LogP contribution in [0.2, 0.25) is 0 Å². The first-order valence-electron chi connectivity index (χ1n) is 11.9. The largest absolute Gasteiger partial charge is 0.451 e. The summed E-state index contributed by atoms with van der Waals surface area (Å²) in [6.45, 7) is 4.75. The Morgan fingerprint density at radius 2 is 2.03 bits per heavy atom. The van der Waals surface area contributed by atoms with Crippen LogP contribution in [0.25, 0.3) is 10.9 Å². The third kappa shape index (κ3) is 4.74. The number of rotatable bonds is 7. The van der Waals surface area contributed by atoms with Gasteiger partial charge in [-0.05, 0) is 81.6 Å². The van der Waals surface area contributed by atoms with Gasteiger partial charge >= 0.3 is 0 Å². The van der Waals surface area contributed by atoms with Gasteiger partial charge in [0.2, 0.25) is 5.75 Å². The van der Waals surface area contributed by atoms with E-state index in [4.69, 9.17) is 4.74 Å². The van der Waals surface area contributed by atoms with E-state index in [9.17, 15) is 9.18 Å². The van der Waals surface area contributed by atoms with E-state index in [0.717, 1.165) is 51.4 Å². The summed E-state index contributed by atoms with van der Waals surface area (Å²) in [5, 5.41) is 3.76. The van der Waals surface area contributed by atoms with Gasteiger partial charge in [0, 0.05) is 24.7 Å². The van der Waals surface area contributed by atoms with E-state index in [1.807, 2.05) is 18.3 Å². The van der Waals surface area contributed by atoms with Crippen molar-refractivity contribution >= 4 is 28.7 Å². The monoisotopic (exact) mass is 501 g/mol. The molecule has 0 radical (unpaired) electrons. The van der Waals surface area contributed by atoms with Crippen molar-refractivity contribution in [2.24, 2.45) is 5.41 Å². The number of piperidine rings is 1. The Hall–Kier alpha value is -2.69. The molecule has 2 aromatic carbocycles. The molecule has 2 aliphatic rings. The molecule has 0 unspecified atom stereocenters. The number of hydrogen-bond acceptors (Lipinski definition) is 7. The lowest BCUT2D eigenvalue weighted by atomic mass is 9.60. The first-order valence-corrected chi connectivity index (χ1v) is 12.7. The molecule has 1 aromatic heterocycles. The molecule has 10 heteroatoms. The lowest BCUT2D eigenvalue weighted by molar-refractivity contribution is 0.0270. The fourth-order valence-electron chi connectivity index (χ4n) is 4.95. The van der Waals surface area contributed by atoms with Gasteiger partial charge in [0.05, 0.1) is 22.9 Å². The van der Waals surface area contributed by atoms with Crippen molar-refractivity contribution in [3.8, 4) is 11.5 Å². The molecule has 7 nitrogen and oxygen atoms in total. The van der Waals surface area contributed by atoms with E-state index in [0.29, 0.717) is 16.3 Å². The Bertz CT molecular complexity index is 1290. The maximum absolute atomic E-state index is 15.0. The van der Waals surface area contributed by atoms with Crippen LogP contribution in [0.3, 0.4) is 0 Å². The fraction of sp³-hybridized carbons (Fsp3) is 0.440. The zero-order chi connectivity index (χ0) is 24.6. The molecule has 2 N–H and O–H groups in total. The number of halogens is 2. The lowest BCUT2D eigenvalue weighted by Crippen LogP contribution is -2.47. The predicted molar refractivity (Wildman–Crippen MR) is 135 cm³/mol. The number of ether oxygens (including phenoxy) is 1. The lowest BCUT2D eigenvalue weighted by Gasteiger charge is -2.50. The van der Waals surface area contributed by atoms with E-state index in [-0.39, 0.29) is 23.0 Å². The van der Waals surface area contributed by atoms with Crippen molar-refractivity contribution in [1.29, 1.82) is 0 Å². The summed E-state index contributed by atoms with van der Waals surface area (Å²) in [5.41, 5.74) is 0.788. The number of aromatic nitrogens is 2. The van der Waals surface area contributed by atoms with Crippen LogP contribution < -0.4 is 20.3 Å². The second-order valence-corrected chi connectivity index (χ2v) is 10.4. The summed E-state index contributed by atoms with van der Waals surface area (Å²) in [4.78, 5) is 17.7. The average Bonchev–Trinajstić information content (AvgIpc) is 2.85. The summed E-state index contributed by atoms with van der Waals surface area (Å²) in [7, 11) is 1.85. The summed E-state index contributed by atoms with van der Waals surface area (Å²) in [6.07, 6.45) is 5.83. The average molecular weight is 502 g/mol. The van der Waals surface area contributed by atoms with Gasteiger partial charge in [-0.25, -0.2) is 18.1 Å². The van der Waals surface area contributed by atoms with Crippen molar-refractivity contribution in [3.05, 3.63) is 58.6 Å². The van der Waals surface area contributed by atoms with Crippen LogP contribution in [-0.4, -0.2) is 40.5 Å². The fourth-order valence-corrected chi connectivity index (χ4v) is 5.50. The molecule has 0 amide bonds. The number of hydrogen-bond donors (Lipinski definition) is 2. The highest BCUT2D eigenvalue weighted by Crippen LogP contribution is 2.53. The molecular formula is C25H29F2N5O2S. The number of benzene rings is 2. The highest BCUT2D eigenvalue weighted by molar-refractivity contribution is 7.98. The van der Waals surface area contributed by atoms with Crippen molar-refractivity contribution in [3.63, 3.8) is 0 Å². The molecular weight excluding hydrogens is 472 g/mol. The Labute approximate surface area is 207 Å². The zero-order valence-corrected chi connectivity index (χ0v) is 20.6. The zero-order valence-electron chi connectivity index (χ0n) is 19.8. The molecule has 0 bridgehead atoms. The van der Waals surface area contributed by atoms with Gasteiger partial charge in [0.1, 0.15) is 5.75 Å². The van der Waals surface area contributed by atoms with Crippen molar-refractivity contribution < 1.29 is 13.5 Å². The first-order chi connectivity index (χ1) is 16.9. The van der Waals surface area contributed by atoms with Crippen LogP contribution in [-0.2, 0) is 0 Å². The Kier molecular flexibility index (Phi) is 6.69. The Morgan fingerprint density at radius 3 is 2.77 bits per heavy atom. The molecule has 1 spiro atoms. The highest BCUT2D eigenvalue weighted by Gasteiger charge is 2.45. The van der Waals surface area contributed by atoms with Crippen LogP contribution in [0.5, 0.6) is 11.5 Å². The molecule has 186 valence electrons. The number of nitrogens with one attached hydrogen (secondary N) is 2. The smallest absolute Gasteiger partial charge is 0.261 e. The summed E-state index contributed by atoms with van der Waals surface area (Å²) in [6, 6.07) is 7.30. The van der Waals surface area contributed by atoms with Crippen LogP contribution in [0.4, 0.5) is 14.5 Å². The van der Waals surface area contributed by atoms with Crippen molar-refractivity contribution in [2.75, 3.05) is 31.4 Å². The number of nitrogens with zero attached hydrogens (tertiary/aromatic N) is 3. The molecule has 1 saturated heterocycles. The number of fused-ring (bicyclic) bond motifs is 1. The predicted octanol–water partition coefficient (Wildman–Crippen LogP) is 5.10. The summed E-state index contributed by atoms with van der Waals surface area (Å²) in [5.74, 6) is -2.02. The summed E-state index contributed by atoms with van der Waals surface area (Å²) < 4.78 is 41.5. The minimum atomic E-state index is -0.840. The highest BCUT2D eigenvalue weighted by atomic mass is 32.2. The van der Waals surface area contributed by atoms with E-state index >= 15 is 4.39 Å². The molecule has 0 atom stereocenters. The van der Waals surface area contributed by atoms with Crippen LogP contribution in [0.1, 0.15) is 38.6 Å². The molecule has 3 aromatic rings. The second kappa shape index (κ2) is 9.75. The molecule has 2 heterocycles. The molecule has 35 heavy (non-hydrogen) atoms. The van der Waals surface area contributed by atoms with Crippen LogP contribution in [0, 0.1) is 17.0 Å². The normalized spacial score (nSPS) is 17.6. The minimum absolute atomic E-state index is 0.105.